The predicted molar refractivity (Wildman–Crippen MR) is 94.4 cm³/mol. The van der Waals surface area contributed by atoms with Gasteiger partial charge in [0.15, 0.2) is 0 Å². The molecule has 2 atom stereocenters. The van der Waals surface area contributed by atoms with Crippen molar-refractivity contribution in [3.63, 3.8) is 0 Å². The van der Waals surface area contributed by atoms with E-state index in [2.05, 4.69) is 0 Å². The minimum atomic E-state index is -3.79. The Morgan fingerprint density at radius 1 is 1.38 bits per heavy atom. The molecule has 26 heavy (non-hydrogen) atoms. The molecule has 0 aromatic heterocycles. The first kappa shape index (κ1) is 20.4. The van der Waals surface area contributed by atoms with Crippen molar-refractivity contribution < 1.29 is 22.8 Å². The zero-order chi connectivity index (χ0) is 19.9. The summed E-state index contributed by atoms with van der Waals surface area (Å²) in [5, 5.41) is 20.8. The van der Waals surface area contributed by atoms with Crippen molar-refractivity contribution in [2.24, 2.45) is 0 Å². The zero-order valence-electron chi connectivity index (χ0n) is 15.8. The number of amides is 1. The maximum absolute atomic E-state index is 13.1. The summed E-state index contributed by atoms with van der Waals surface area (Å²) in [6.07, 6.45) is -1.18. The average Bonchev–Trinajstić information content (AvgIpc) is 2.52. The molecule has 1 aliphatic rings. The number of hydrogen-bond donors (Lipinski definition) is 0. The van der Waals surface area contributed by atoms with Crippen LogP contribution >= 0.6 is 0 Å². The summed E-state index contributed by atoms with van der Waals surface area (Å²) in [5.74, 6) is 0. The van der Waals surface area contributed by atoms with Crippen LogP contribution in [-0.2, 0) is 10.0 Å². The number of quaternary nitrogens is 1. The molecule has 2 rings (SSSR count). The number of sulfonamides is 1. The van der Waals surface area contributed by atoms with E-state index >= 15 is 0 Å². The second-order valence-corrected chi connectivity index (χ2v) is 9.73. The Bertz CT molecular complexity index is 867. The van der Waals surface area contributed by atoms with Crippen molar-refractivity contribution in [3.05, 3.63) is 29.3 Å². The molecule has 0 radical (unpaired) electrons. The lowest BCUT2D eigenvalue weighted by Crippen LogP contribution is -2.75. The van der Waals surface area contributed by atoms with Crippen LogP contribution in [0.15, 0.2) is 23.1 Å². The largest absolute Gasteiger partial charge is 0.498 e. The van der Waals surface area contributed by atoms with Gasteiger partial charge in [-0.1, -0.05) is 0 Å². The number of carbonyl (C=O) groups is 1. The number of nitrogens with zero attached hydrogens (tertiary/aromatic N) is 3. The third-order valence-corrected chi connectivity index (χ3v) is 7.47. The van der Waals surface area contributed by atoms with E-state index in [-0.39, 0.29) is 29.0 Å². The van der Waals surface area contributed by atoms with Crippen LogP contribution in [-0.4, -0.2) is 54.5 Å². The Balaban J connectivity index is 2.40. The second-order valence-electron chi connectivity index (χ2n) is 7.87. The number of carboxylic acid groups (broad SMARTS) is 1. The lowest BCUT2D eigenvalue weighted by Gasteiger charge is -2.53. The van der Waals surface area contributed by atoms with E-state index in [4.69, 9.17) is 5.26 Å². The Kier molecular flexibility index (Phi) is 5.21. The van der Waals surface area contributed by atoms with Crippen molar-refractivity contribution in [1.29, 1.82) is 5.26 Å². The van der Waals surface area contributed by atoms with E-state index in [0.29, 0.717) is 11.1 Å². The minimum absolute atomic E-state index is 0.0915. The Morgan fingerprint density at radius 2 is 2.00 bits per heavy atom. The SMILES string of the molecule is Cc1cc(C#N)ccc1S(=O)(=O)N1CC[N+](C(=O)[O-])(C(C)(C)C)C[C@@H]1C. The molecule has 1 saturated heterocycles. The van der Waals surface area contributed by atoms with Crippen molar-refractivity contribution >= 4 is 16.1 Å². The van der Waals surface area contributed by atoms with Crippen molar-refractivity contribution in [3.8, 4) is 6.07 Å². The monoisotopic (exact) mass is 379 g/mol. The van der Waals surface area contributed by atoms with Crippen molar-refractivity contribution in [1.82, 2.24) is 4.31 Å². The normalized spacial score (nSPS) is 24.8. The van der Waals surface area contributed by atoms with E-state index in [1.807, 2.05) is 26.8 Å². The Morgan fingerprint density at radius 3 is 2.42 bits per heavy atom. The van der Waals surface area contributed by atoms with Crippen LogP contribution < -0.4 is 5.11 Å². The molecule has 0 N–H and O–H groups in total. The molecular formula is C18H25N3O4S. The quantitative estimate of drug-likeness (QED) is 0.719. The standard InChI is InChI=1S/C18H25N3O4S/c1-13-10-15(11-19)6-7-16(13)26(24,25)20-8-9-21(17(22)23,12-14(20)2)18(3,4)5/h6-7,10,14H,8-9,12H2,1-5H3/t14-,21?/m0/s1. The number of nitriles is 1. The van der Waals surface area contributed by atoms with Gasteiger partial charge in [0.1, 0.15) is 6.54 Å². The molecule has 1 amide bonds. The molecule has 142 valence electrons. The van der Waals surface area contributed by atoms with Crippen LogP contribution in [0, 0.1) is 18.3 Å². The molecular weight excluding hydrogens is 354 g/mol. The van der Waals surface area contributed by atoms with E-state index in [0.717, 1.165) is 0 Å². The number of carbonyl (C=O) groups excluding carboxylic acids is 1. The fourth-order valence-corrected chi connectivity index (χ4v) is 5.48. The van der Waals surface area contributed by atoms with Gasteiger partial charge >= 0.3 is 0 Å². The fourth-order valence-electron chi connectivity index (χ4n) is 3.66. The van der Waals surface area contributed by atoms with Crippen LogP contribution in [0.2, 0.25) is 0 Å². The van der Waals surface area contributed by atoms with Gasteiger partial charge in [0.2, 0.25) is 10.0 Å². The fraction of sp³-hybridized carbons (Fsp3) is 0.556. The number of benzene rings is 1. The molecule has 1 aliphatic heterocycles. The van der Waals surface area contributed by atoms with Crippen molar-refractivity contribution in [2.45, 2.75) is 51.1 Å². The van der Waals surface area contributed by atoms with Crippen LogP contribution in [0.4, 0.5) is 4.79 Å². The van der Waals surface area contributed by atoms with Crippen molar-refractivity contribution in [2.75, 3.05) is 19.6 Å². The van der Waals surface area contributed by atoms with Gasteiger partial charge in [-0.2, -0.15) is 9.57 Å². The molecule has 1 fully saturated rings. The number of piperazine rings is 1. The average molecular weight is 379 g/mol. The molecule has 7 nitrogen and oxygen atoms in total. The third kappa shape index (κ3) is 3.22. The molecule has 1 aromatic carbocycles. The van der Waals surface area contributed by atoms with Crippen LogP contribution in [0.1, 0.15) is 38.8 Å². The van der Waals surface area contributed by atoms with Gasteiger partial charge in [0.05, 0.1) is 41.2 Å². The topological polar surface area (TPSA) is 101 Å². The first-order chi connectivity index (χ1) is 11.9. The van der Waals surface area contributed by atoms with Gasteiger partial charge in [0.25, 0.3) is 6.09 Å². The molecule has 1 aromatic rings. The lowest BCUT2D eigenvalue weighted by atomic mass is 9.98. The molecule has 8 heteroatoms. The van der Waals surface area contributed by atoms with Crippen LogP contribution in [0.25, 0.3) is 0 Å². The molecule has 0 spiro atoms. The highest BCUT2D eigenvalue weighted by atomic mass is 32.2. The summed E-state index contributed by atoms with van der Waals surface area (Å²) in [5.41, 5.74) is 0.291. The smallest absolute Gasteiger partial charge is 0.257 e. The summed E-state index contributed by atoms with van der Waals surface area (Å²) < 4.78 is 27.3. The highest BCUT2D eigenvalue weighted by molar-refractivity contribution is 7.89. The maximum atomic E-state index is 13.1. The van der Waals surface area contributed by atoms with E-state index in [1.165, 1.54) is 22.5 Å². The summed E-state index contributed by atoms with van der Waals surface area (Å²) in [7, 11) is -3.79. The van der Waals surface area contributed by atoms with E-state index in [9.17, 15) is 18.3 Å². The maximum Gasteiger partial charge on any atom is 0.257 e. The Labute approximate surface area is 155 Å². The first-order valence-electron chi connectivity index (χ1n) is 8.48. The number of aryl methyl sites for hydroxylation is 1. The summed E-state index contributed by atoms with van der Waals surface area (Å²) >= 11 is 0. The molecule has 0 bridgehead atoms. The lowest BCUT2D eigenvalue weighted by molar-refractivity contribution is -0.925. The van der Waals surface area contributed by atoms with Gasteiger partial charge in [-0.15, -0.1) is 0 Å². The predicted octanol–water partition coefficient (Wildman–Crippen LogP) is 1.22. The van der Waals surface area contributed by atoms with Gasteiger partial charge in [-0.05, 0) is 58.4 Å². The second kappa shape index (κ2) is 6.65. The minimum Gasteiger partial charge on any atom is -0.498 e. The van der Waals surface area contributed by atoms with Gasteiger partial charge in [-0.3, -0.25) is 4.48 Å². The highest BCUT2D eigenvalue weighted by Gasteiger charge is 2.50. The van der Waals surface area contributed by atoms with E-state index in [1.54, 1.807) is 13.8 Å². The zero-order valence-corrected chi connectivity index (χ0v) is 16.6. The van der Waals surface area contributed by atoms with Crippen LogP contribution in [0.3, 0.4) is 0 Å². The van der Waals surface area contributed by atoms with Gasteiger partial charge in [-0.25, -0.2) is 8.42 Å². The Hall–Kier alpha value is -1.95. The number of rotatable bonds is 2. The van der Waals surface area contributed by atoms with Crippen LogP contribution in [0.5, 0.6) is 0 Å². The first-order valence-corrected chi connectivity index (χ1v) is 9.92. The summed E-state index contributed by atoms with van der Waals surface area (Å²) in [6.45, 7) is 9.22. The highest BCUT2D eigenvalue weighted by Crippen LogP contribution is 2.32. The van der Waals surface area contributed by atoms with E-state index < -0.39 is 27.7 Å². The molecule has 1 unspecified atom stereocenters. The summed E-state index contributed by atoms with van der Waals surface area (Å²) in [4.78, 5) is 12.0. The number of hydrogen-bond acceptors (Lipinski definition) is 5. The molecule has 1 heterocycles. The van der Waals surface area contributed by atoms with Gasteiger partial charge < -0.3 is 9.90 Å². The summed E-state index contributed by atoms with van der Waals surface area (Å²) in [6, 6.07) is 5.95. The molecule has 0 saturated carbocycles. The molecule has 0 aliphatic carbocycles. The third-order valence-electron chi connectivity index (χ3n) is 5.29. The van der Waals surface area contributed by atoms with Gasteiger partial charge in [0, 0.05) is 0 Å².